The summed E-state index contributed by atoms with van der Waals surface area (Å²) < 4.78 is 20.0. The van der Waals surface area contributed by atoms with Crippen LogP contribution in [0.1, 0.15) is 10.4 Å². The summed E-state index contributed by atoms with van der Waals surface area (Å²) in [6.45, 7) is 0.392. The molecule has 0 bridgehead atoms. The van der Waals surface area contributed by atoms with E-state index < -0.39 is 23.4 Å². The van der Waals surface area contributed by atoms with Gasteiger partial charge in [0.15, 0.2) is 0 Å². The summed E-state index contributed by atoms with van der Waals surface area (Å²) >= 11 is 0. The van der Waals surface area contributed by atoms with Gasteiger partial charge < -0.3 is 20.7 Å². The summed E-state index contributed by atoms with van der Waals surface area (Å²) in [5.74, 6) is -1.01. The van der Waals surface area contributed by atoms with Gasteiger partial charge in [0.25, 0.3) is 5.91 Å². The highest BCUT2D eigenvalue weighted by Crippen LogP contribution is 2.27. The molecule has 0 saturated carbocycles. The molecule has 0 radical (unpaired) electrons. The fraction of sp³-hybridized carbons (Fsp3) is 0.160. The van der Waals surface area contributed by atoms with Crippen molar-refractivity contribution in [3.05, 3.63) is 94.4 Å². The summed E-state index contributed by atoms with van der Waals surface area (Å²) in [5.41, 5.74) is 6.43. The van der Waals surface area contributed by atoms with Crippen LogP contribution in [0.25, 0.3) is 0 Å². The van der Waals surface area contributed by atoms with Crippen molar-refractivity contribution in [2.24, 2.45) is 5.73 Å². The van der Waals surface area contributed by atoms with Gasteiger partial charge in [-0.25, -0.2) is 9.18 Å². The maximum Gasteiger partial charge on any atom is 0.414 e. The first kappa shape index (κ1) is 22.9. The van der Waals surface area contributed by atoms with Crippen molar-refractivity contribution in [2.45, 2.75) is 6.10 Å². The van der Waals surface area contributed by atoms with E-state index in [1.54, 1.807) is 19.2 Å². The molecule has 1 saturated heterocycles. The van der Waals surface area contributed by atoms with E-state index in [-0.39, 0.29) is 35.9 Å². The molecule has 1 heterocycles. The Morgan fingerprint density at radius 2 is 1.85 bits per heavy atom. The van der Waals surface area contributed by atoms with Gasteiger partial charge in [-0.15, -0.1) is 0 Å². The van der Waals surface area contributed by atoms with Crippen LogP contribution < -0.4 is 26.3 Å². The standard InChI is InChI=1S/C25H23FN4O4/c1-29(17-7-3-2-4-8-17)24(32)16-6-5-9-23(31)22(12-16)28-21-11-10-18(13-20(21)26)30-15-19(14-27)34-25(30)33/h2-13,19H,14-15,27H2,1H3,(H,28,31)/t19-/m0/s1. The van der Waals surface area contributed by atoms with Crippen molar-refractivity contribution in [1.82, 2.24) is 0 Å². The highest BCUT2D eigenvalue weighted by molar-refractivity contribution is 6.06. The van der Waals surface area contributed by atoms with Crippen LogP contribution in [0.4, 0.5) is 31.9 Å². The molecule has 1 aliphatic heterocycles. The number of carbonyl (C=O) groups excluding carboxylic acids is 2. The van der Waals surface area contributed by atoms with E-state index in [0.717, 1.165) is 0 Å². The molecule has 174 valence electrons. The molecular formula is C25H23FN4O4. The Labute approximate surface area is 195 Å². The lowest BCUT2D eigenvalue weighted by molar-refractivity contribution is 0.0993. The van der Waals surface area contributed by atoms with Crippen LogP contribution in [0.15, 0.2) is 77.6 Å². The van der Waals surface area contributed by atoms with E-state index in [0.29, 0.717) is 11.4 Å². The second-order valence-electron chi connectivity index (χ2n) is 7.74. The Balaban J connectivity index is 1.59. The highest BCUT2D eigenvalue weighted by atomic mass is 19.1. The lowest BCUT2D eigenvalue weighted by Crippen LogP contribution is -2.27. The van der Waals surface area contributed by atoms with Crippen molar-refractivity contribution in [2.75, 3.05) is 35.3 Å². The molecule has 1 fully saturated rings. The van der Waals surface area contributed by atoms with Crippen molar-refractivity contribution in [3.8, 4) is 0 Å². The molecule has 9 heteroatoms. The molecule has 0 aliphatic carbocycles. The summed E-state index contributed by atoms with van der Waals surface area (Å²) in [4.78, 5) is 40.3. The molecule has 1 atom stereocenters. The number of ether oxygens (including phenoxy) is 1. The van der Waals surface area contributed by atoms with Crippen LogP contribution in [-0.4, -0.2) is 38.2 Å². The highest BCUT2D eigenvalue weighted by Gasteiger charge is 2.31. The first-order valence-corrected chi connectivity index (χ1v) is 10.6. The van der Waals surface area contributed by atoms with Crippen LogP contribution in [0, 0.1) is 5.82 Å². The van der Waals surface area contributed by atoms with Gasteiger partial charge in [0.2, 0.25) is 5.43 Å². The molecule has 1 aliphatic rings. The Bertz CT molecular complexity index is 1290. The third-order valence-electron chi connectivity index (χ3n) is 5.45. The van der Waals surface area contributed by atoms with E-state index in [2.05, 4.69) is 5.32 Å². The summed E-state index contributed by atoms with van der Waals surface area (Å²) in [6.07, 6.45) is -1.05. The SMILES string of the molecule is CN(C(=O)c1cccc(=O)c(Nc2ccc(N3C[C@H](CN)OC3=O)cc2F)c1)c1ccccc1. The van der Waals surface area contributed by atoms with Crippen LogP contribution in [0.3, 0.4) is 0 Å². The Morgan fingerprint density at radius 3 is 2.53 bits per heavy atom. The number of rotatable bonds is 6. The van der Waals surface area contributed by atoms with E-state index in [9.17, 15) is 18.8 Å². The minimum Gasteiger partial charge on any atom is -0.443 e. The van der Waals surface area contributed by atoms with Gasteiger partial charge in [-0.2, -0.15) is 0 Å². The number of anilines is 4. The number of cyclic esters (lactones) is 1. The number of para-hydroxylation sites is 1. The van der Waals surface area contributed by atoms with Crippen LogP contribution >= 0.6 is 0 Å². The zero-order chi connectivity index (χ0) is 24.2. The molecule has 2 amide bonds. The van der Waals surface area contributed by atoms with E-state index in [4.69, 9.17) is 10.5 Å². The van der Waals surface area contributed by atoms with E-state index >= 15 is 0 Å². The molecule has 8 nitrogen and oxygen atoms in total. The molecule has 0 aromatic heterocycles. The number of hydrogen-bond donors (Lipinski definition) is 2. The molecule has 0 spiro atoms. The van der Waals surface area contributed by atoms with Crippen molar-refractivity contribution >= 4 is 34.7 Å². The van der Waals surface area contributed by atoms with Gasteiger partial charge in [0.1, 0.15) is 11.9 Å². The second kappa shape index (κ2) is 9.72. The predicted octanol–water partition coefficient (Wildman–Crippen LogP) is 3.49. The van der Waals surface area contributed by atoms with Gasteiger partial charge in [-0.05, 0) is 48.5 Å². The van der Waals surface area contributed by atoms with Crippen LogP contribution in [0.5, 0.6) is 0 Å². The first-order chi connectivity index (χ1) is 16.4. The van der Waals surface area contributed by atoms with E-state index in [1.807, 2.05) is 18.2 Å². The minimum atomic E-state index is -0.679. The fourth-order valence-electron chi connectivity index (χ4n) is 3.57. The first-order valence-electron chi connectivity index (χ1n) is 10.6. The van der Waals surface area contributed by atoms with Gasteiger partial charge >= 0.3 is 6.09 Å². The smallest absolute Gasteiger partial charge is 0.414 e. The molecule has 3 N–H and O–H groups in total. The lowest BCUT2D eigenvalue weighted by atomic mass is 10.2. The number of carbonyl (C=O) groups is 2. The topological polar surface area (TPSA) is 105 Å². The molecule has 3 aromatic carbocycles. The average molecular weight is 462 g/mol. The molecule has 4 rings (SSSR count). The number of nitrogens with one attached hydrogen (secondary N) is 1. The van der Waals surface area contributed by atoms with E-state index in [1.165, 1.54) is 52.3 Å². The summed E-state index contributed by atoms with van der Waals surface area (Å²) in [7, 11) is 1.63. The summed E-state index contributed by atoms with van der Waals surface area (Å²) in [5, 5.41) is 2.77. The third-order valence-corrected chi connectivity index (χ3v) is 5.45. The van der Waals surface area contributed by atoms with Gasteiger partial charge in [0.05, 0.1) is 23.6 Å². The zero-order valence-corrected chi connectivity index (χ0v) is 18.4. The molecule has 0 unspecified atom stereocenters. The quantitative estimate of drug-likeness (QED) is 0.581. The van der Waals surface area contributed by atoms with Gasteiger partial charge in [0, 0.05) is 24.8 Å². The van der Waals surface area contributed by atoms with Crippen molar-refractivity contribution in [3.63, 3.8) is 0 Å². The van der Waals surface area contributed by atoms with Crippen molar-refractivity contribution in [1.29, 1.82) is 0 Å². The van der Waals surface area contributed by atoms with Gasteiger partial charge in [-0.3, -0.25) is 14.5 Å². The number of nitrogens with zero attached hydrogens (tertiary/aromatic N) is 2. The zero-order valence-electron chi connectivity index (χ0n) is 18.4. The second-order valence-corrected chi connectivity index (χ2v) is 7.74. The maximum atomic E-state index is 14.9. The molecule has 34 heavy (non-hydrogen) atoms. The number of amides is 2. The Hall–Kier alpha value is -4.24. The maximum absolute atomic E-state index is 14.9. The lowest BCUT2D eigenvalue weighted by Gasteiger charge is -2.17. The number of benzene rings is 2. The molecule has 3 aromatic rings. The number of hydrogen-bond acceptors (Lipinski definition) is 6. The van der Waals surface area contributed by atoms with Crippen LogP contribution in [-0.2, 0) is 4.74 Å². The summed E-state index contributed by atoms with van der Waals surface area (Å²) in [6, 6.07) is 18.9. The number of nitrogens with two attached hydrogens (primary N) is 1. The van der Waals surface area contributed by atoms with Gasteiger partial charge in [-0.1, -0.05) is 24.3 Å². The Morgan fingerprint density at radius 1 is 1.09 bits per heavy atom. The van der Waals surface area contributed by atoms with Crippen molar-refractivity contribution < 1.29 is 18.7 Å². The minimum absolute atomic E-state index is 0.0183. The molecular weight excluding hydrogens is 439 g/mol. The fourth-order valence-corrected chi connectivity index (χ4v) is 3.57. The monoisotopic (exact) mass is 462 g/mol. The largest absolute Gasteiger partial charge is 0.443 e. The third kappa shape index (κ3) is 4.74. The number of halogens is 1. The average Bonchev–Trinajstić information content (AvgIpc) is 3.13. The normalized spacial score (nSPS) is 15.1. The van der Waals surface area contributed by atoms with Crippen LogP contribution in [0.2, 0.25) is 0 Å². The predicted molar refractivity (Wildman–Crippen MR) is 128 cm³/mol. The Kier molecular flexibility index (Phi) is 6.55.